The molecule has 0 radical (unpaired) electrons. The summed E-state index contributed by atoms with van der Waals surface area (Å²) in [4.78, 5) is 11.6. The number of halogens is 1. The van der Waals surface area contributed by atoms with E-state index in [9.17, 15) is 4.79 Å². The van der Waals surface area contributed by atoms with Crippen LogP contribution < -0.4 is 10.1 Å². The van der Waals surface area contributed by atoms with Crippen molar-refractivity contribution in [2.24, 2.45) is 5.41 Å². The van der Waals surface area contributed by atoms with Crippen LogP contribution >= 0.6 is 15.9 Å². The number of esters is 1. The van der Waals surface area contributed by atoms with Crippen LogP contribution in [0.3, 0.4) is 0 Å². The Morgan fingerprint density at radius 2 is 2.11 bits per heavy atom. The number of benzene rings is 1. The van der Waals surface area contributed by atoms with Gasteiger partial charge in [-0.05, 0) is 42.9 Å². The summed E-state index contributed by atoms with van der Waals surface area (Å²) in [6.45, 7) is 4.56. The van der Waals surface area contributed by atoms with Gasteiger partial charge in [0, 0.05) is 12.1 Å². The van der Waals surface area contributed by atoms with Crippen molar-refractivity contribution in [2.75, 3.05) is 20.8 Å². The van der Waals surface area contributed by atoms with Gasteiger partial charge >= 0.3 is 5.97 Å². The Hall–Kier alpha value is -1.07. The SMILES string of the molecule is CNCc1cccc(Br)c1OCC(C)(C)C(=O)OC. The van der Waals surface area contributed by atoms with Crippen LogP contribution in [0.15, 0.2) is 22.7 Å². The van der Waals surface area contributed by atoms with Crippen LogP contribution in [0.2, 0.25) is 0 Å². The minimum absolute atomic E-state index is 0.263. The van der Waals surface area contributed by atoms with Crippen molar-refractivity contribution in [3.63, 3.8) is 0 Å². The number of ether oxygens (including phenoxy) is 2. The first-order chi connectivity index (χ1) is 8.92. The minimum atomic E-state index is -0.680. The van der Waals surface area contributed by atoms with Gasteiger partial charge in [-0.15, -0.1) is 0 Å². The first kappa shape index (κ1) is 16.0. The van der Waals surface area contributed by atoms with Crippen LogP contribution in [0.25, 0.3) is 0 Å². The molecule has 1 N–H and O–H groups in total. The summed E-state index contributed by atoms with van der Waals surface area (Å²) >= 11 is 3.47. The van der Waals surface area contributed by atoms with Gasteiger partial charge < -0.3 is 14.8 Å². The minimum Gasteiger partial charge on any atom is -0.491 e. The molecule has 4 nitrogen and oxygen atoms in total. The van der Waals surface area contributed by atoms with E-state index in [0.717, 1.165) is 15.8 Å². The second-order valence-corrected chi connectivity index (χ2v) is 5.78. The van der Waals surface area contributed by atoms with Gasteiger partial charge in [0.25, 0.3) is 0 Å². The van der Waals surface area contributed by atoms with Crippen molar-refractivity contribution in [2.45, 2.75) is 20.4 Å². The molecule has 0 amide bonds. The number of para-hydroxylation sites is 1. The summed E-state index contributed by atoms with van der Waals surface area (Å²) in [5.74, 6) is 0.476. The van der Waals surface area contributed by atoms with E-state index in [1.54, 1.807) is 13.8 Å². The summed E-state index contributed by atoms with van der Waals surface area (Å²) in [5.41, 5.74) is 0.360. The highest BCUT2D eigenvalue weighted by atomic mass is 79.9. The van der Waals surface area contributed by atoms with E-state index in [0.29, 0.717) is 6.54 Å². The van der Waals surface area contributed by atoms with Gasteiger partial charge in [-0.2, -0.15) is 0 Å². The fourth-order valence-electron chi connectivity index (χ4n) is 1.63. The smallest absolute Gasteiger partial charge is 0.314 e. The first-order valence-corrected chi connectivity index (χ1v) is 6.85. The molecule has 19 heavy (non-hydrogen) atoms. The molecular weight excluding hydrogens is 310 g/mol. The second kappa shape index (κ2) is 6.91. The number of rotatable bonds is 6. The molecule has 106 valence electrons. The van der Waals surface area contributed by atoms with E-state index in [1.807, 2.05) is 25.2 Å². The standard InChI is InChI=1S/C14H20BrNO3/c1-14(2,13(17)18-4)9-19-12-10(8-16-3)6-5-7-11(12)15/h5-7,16H,8-9H2,1-4H3. The maximum absolute atomic E-state index is 11.6. The monoisotopic (exact) mass is 329 g/mol. The summed E-state index contributed by atoms with van der Waals surface area (Å²) in [7, 11) is 3.26. The lowest BCUT2D eigenvalue weighted by atomic mass is 9.95. The summed E-state index contributed by atoms with van der Waals surface area (Å²) < 4.78 is 11.5. The van der Waals surface area contributed by atoms with Gasteiger partial charge in [-0.3, -0.25) is 4.79 Å². The number of methoxy groups -OCH3 is 1. The fourth-order valence-corrected chi connectivity index (χ4v) is 2.15. The van der Waals surface area contributed by atoms with Crippen LogP contribution in [-0.2, 0) is 16.1 Å². The molecule has 0 atom stereocenters. The van der Waals surface area contributed by atoms with Crippen LogP contribution in [0.5, 0.6) is 5.75 Å². The zero-order chi connectivity index (χ0) is 14.5. The molecule has 5 heteroatoms. The Bertz CT molecular complexity index is 446. The average molecular weight is 330 g/mol. The molecule has 0 spiro atoms. The molecule has 0 aromatic heterocycles. The van der Waals surface area contributed by atoms with Crippen molar-refractivity contribution >= 4 is 21.9 Å². The summed E-state index contributed by atoms with van der Waals surface area (Å²) in [6.07, 6.45) is 0. The second-order valence-electron chi connectivity index (χ2n) is 4.92. The Labute approximate surface area is 122 Å². The number of carbonyl (C=O) groups excluding carboxylic acids is 1. The maximum atomic E-state index is 11.6. The van der Waals surface area contributed by atoms with Crippen LogP contribution in [-0.4, -0.2) is 26.7 Å². The van der Waals surface area contributed by atoms with Gasteiger partial charge in [0.05, 0.1) is 17.0 Å². The molecule has 0 aliphatic heterocycles. The lowest BCUT2D eigenvalue weighted by molar-refractivity contribution is -0.152. The third kappa shape index (κ3) is 4.21. The fraction of sp³-hybridized carbons (Fsp3) is 0.500. The van der Waals surface area contributed by atoms with Gasteiger partial charge in [-0.1, -0.05) is 12.1 Å². The normalized spacial score (nSPS) is 11.2. The van der Waals surface area contributed by atoms with Crippen LogP contribution in [0.4, 0.5) is 0 Å². The molecule has 0 heterocycles. The number of hydrogen-bond acceptors (Lipinski definition) is 4. The van der Waals surface area contributed by atoms with Gasteiger partial charge in [0.1, 0.15) is 12.4 Å². The summed E-state index contributed by atoms with van der Waals surface area (Å²) in [5, 5.41) is 3.09. The Morgan fingerprint density at radius 1 is 1.42 bits per heavy atom. The third-order valence-corrected chi connectivity index (χ3v) is 3.36. The lowest BCUT2D eigenvalue weighted by Gasteiger charge is -2.23. The molecule has 0 saturated heterocycles. The number of hydrogen-bond donors (Lipinski definition) is 1. The van der Waals surface area contributed by atoms with E-state index >= 15 is 0 Å². The van der Waals surface area contributed by atoms with Gasteiger partial charge in [0.15, 0.2) is 0 Å². The van der Waals surface area contributed by atoms with E-state index in [4.69, 9.17) is 9.47 Å². The molecule has 0 aliphatic carbocycles. The molecule has 1 rings (SSSR count). The van der Waals surface area contributed by atoms with Gasteiger partial charge in [-0.25, -0.2) is 0 Å². The molecule has 1 aromatic rings. The van der Waals surface area contributed by atoms with Crippen molar-refractivity contribution < 1.29 is 14.3 Å². The van der Waals surface area contributed by atoms with Crippen molar-refractivity contribution in [3.05, 3.63) is 28.2 Å². The highest BCUT2D eigenvalue weighted by Crippen LogP contribution is 2.31. The third-order valence-electron chi connectivity index (χ3n) is 2.73. The van der Waals surface area contributed by atoms with Gasteiger partial charge in [0.2, 0.25) is 0 Å². The van der Waals surface area contributed by atoms with Crippen molar-refractivity contribution in [3.8, 4) is 5.75 Å². The summed E-state index contributed by atoms with van der Waals surface area (Å²) in [6, 6.07) is 5.86. The largest absolute Gasteiger partial charge is 0.491 e. The first-order valence-electron chi connectivity index (χ1n) is 6.05. The molecule has 0 bridgehead atoms. The Morgan fingerprint density at radius 3 is 2.68 bits per heavy atom. The van der Waals surface area contributed by atoms with Crippen molar-refractivity contribution in [1.82, 2.24) is 5.32 Å². The quantitative estimate of drug-likeness (QED) is 0.815. The molecule has 0 aliphatic rings. The van der Waals surface area contributed by atoms with Crippen molar-refractivity contribution in [1.29, 1.82) is 0 Å². The predicted octanol–water partition coefficient (Wildman–Crippen LogP) is 2.75. The lowest BCUT2D eigenvalue weighted by Crippen LogP contribution is -2.32. The molecule has 1 aromatic carbocycles. The number of nitrogens with one attached hydrogen (secondary N) is 1. The Balaban J connectivity index is 2.85. The highest BCUT2D eigenvalue weighted by molar-refractivity contribution is 9.10. The zero-order valence-corrected chi connectivity index (χ0v) is 13.3. The highest BCUT2D eigenvalue weighted by Gasteiger charge is 2.30. The maximum Gasteiger partial charge on any atom is 0.314 e. The van der Waals surface area contributed by atoms with Crippen LogP contribution in [0, 0.1) is 5.41 Å². The number of carbonyl (C=O) groups is 1. The van der Waals surface area contributed by atoms with E-state index in [1.165, 1.54) is 7.11 Å². The van der Waals surface area contributed by atoms with E-state index < -0.39 is 5.41 Å². The Kier molecular flexibility index (Phi) is 5.82. The van der Waals surface area contributed by atoms with E-state index in [2.05, 4.69) is 21.2 Å². The topological polar surface area (TPSA) is 47.6 Å². The van der Waals surface area contributed by atoms with Crippen LogP contribution in [0.1, 0.15) is 19.4 Å². The molecule has 0 saturated carbocycles. The average Bonchev–Trinajstić information content (AvgIpc) is 2.37. The molecule has 0 fully saturated rings. The zero-order valence-electron chi connectivity index (χ0n) is 11.7. The molecular formula is C14H20BrNO3. The van der Waals surface area contributed by atoms with E-state index in [-0.39, 0.29) is 12.6 Å². The molecule has 0 unspecified atom stereocenters. The predicted molar refractivity (Wildman–Crippen MR) is 78.2 cm³/mol.